The Balaban J connectivity index is 3.29. The molecule has 1 heterocycles. The van der Waals surface area contributed by atoms with Crippen molar-refractivity contribution in [3.05, 3.63) is 0 Å². The second-order valence-electron chi connectivity index (χ2n) is 3.40. The van der Waals surface area contributed by atoms with Crippen molar-refractivity contribution in [2.24, 2.45) is 0 Å². The molecule has 1 aliphatic rings. The van der Waals surface area contributed by atoms with Crippen molar-refractivity contribution in [2.75, 3.05) is 0 Å². The van der Waals surface area contributed by atoms with Crippen molar-refractivity contribution in [1.29, 1.82) is 0 Å². The van der Waals surface area contributed by atoms with Gasteiger partial charge in [0.15, 0.2) is 0 Å². The van der Waals surface area contributed by atoms with Crippen molar-refractivity contribution in [2.45, 2.75) is 37.8 Å². The number of ether oxygens (including phenoxy) is 2. The number of hydrogen-bond acceptors (Lipinski definition) is 3. The molecule has 2 atom stereocenters. The molecule has 9 heteroatoms. The van der Waals surface area contributed by atoms with Gasteiger partial charge in [0.25, 0.3) is 17.5 Å². The Hall–Kier alpha value is -0.830. The molecule has 0 aromatic carbocycles. The van der Waals surface area contributed by atoms with Crippen molar-refractivity contribution in [1.82, 2.24) is 0 Å². The quantitative estimate of drug-likeness (QED) is 0.620. The van der Waals surface area contributed by atoms with Crippen LogP contribution < -0.4 is 0 Å². The molecule has 1 aliphatic heterocycles. The van der Waals surface area contributed by atoms with Gasteiger partial charge in [0.1, 0.15) is 0 Å². The van der Waals surface area contributed by atoms with Crippen molar-refractivity contribution >= 4 is 5.78 Å². The summed E-state index contributed by atoms with van der Waals surface area (Å²) in [5.41, 5.74) is 0. The van der Waals surface area contributed by atoms with E-state index in [2.05, 4.69) is 9.47 Å². The fraction of sp³-hybridized carbons (Fsp3) is 0.857. The molecule has 1 fully saturated rings. The summed E-state index contributed by atoms with van der Waals surface area (Å²) in [5.74, 6) is -10.2. The van der Waals surface area contributed by atoms with Crippen molar-refractivity contribution in [3.63, 3.8) is 0 Å². The first-order valence-electron chi connectivity index (χ1n) is 3.90. The highest BCUT2D eigenvalue weighted by molar-refractivity contribution is 5.91. The largest absolute Gasteiger partial charge is 0.451 e. The van der Waals surface area contributed by atoms with E-state index < -0.39 is 29.7 Å². The van der Waals surface area contributed by atoms with Crippen LogP contribution in [0.3, 0.4) is 0 Å². The lowest BCUT2D eigenvalue weighted by molar-refractivity contribution is -0.458. The number of alkyl halides is 6. The maximum absolute atomic E-state index is 13.2. The van der Waals surface area contributed by atoms with E-state index in [1.54, 1.807) is 0 Å². The number of carbonyl (C=O) groups excluding carboxylic acids is 1. The lowest BCUT2D eigenvalue weighted by Crippen LogP contribution is -2.47. The normalized spacial score (nSPS) is 42.9. The first-order valence-corrected chi connectivity index (χ1v) is 3.90. The van der Waals surface area contributed by atoms with Gasteiger partial charge in [0.2, 0.25) is 0 Å². The van der Waals surface area contributed by atoms with Crippen LogP contribution in [0.5, 0.6) is 0 Å². The molecule has 0 saturated carbocycles. The topological polar surface area (TPSA) is 35.5 Å². The molecule has 94 valence electrons. The van der Waals surface area contributed by atoms with Gasteiger partial charge in [-0.3, -0.25) is 14.3 Å². The molecule has 0 aromatic rings. The third kappa shape index (κ3) is 1.88. The molecule has 0 bridgehead atoms. The molecule has 0 spiro atoms. The molecule has 0 amide bonds. The third-order valence-electron chi connectivity index (χ3n) is 1.79. The molecular weight excluding hydrogens is 246 g/mol. The molecule has 1 rings (SSSR count). The van der Waals surface area contributed by atoms with Crippen LogP contribution in [0.15, 0.2) is 0 Å². The van der Waals surface area contributed by atoms with E-state index >= 15 is 0 Å². The Morgan fingerprint density at radius 3 is 1.31 bits per heavy atom. The number of Topliss-reactive ketones (excluding diaryl/α,β-unsaturated/α-hetero) is 1. The van der Waals surface area contributed by atoms with Gasteiger partial charge in [-0.1, -0.05) is 0 Å². The SMILES string of the molecule is CC1(F)OC(F)(F)C(F)(F)OC(C)(F)C1=O. The lowest BCUT2D eigenvalue weighted by atomic mass is 10.1. The van der Waals surface area contributed by atoms with Crippen LogP contribution in [0.4, 0.5) is 26.3 Å². The molecule has 1 saturated heterocycles. The molecular formula is C7H6F6O3. The lowest BCUT2D eigenvalue weighted by Gasteiger charge is -2.25. The Morgan fingerprint density at radius 1 is 0.812 bits per heavy atom. The van der Waals surface area contributed by atoms with Gasteiger partial charge in [-0.25, -0.2) is 8.78 Å². The third-order valence-corrected chi connectivity index (χ3v) is 1.79. The number of hydrogen-bond donors (Lipinski definition) is 0. The Bertz CT molecular complexity index is 294. The van der Waals surface area contributed by atoms with Crippen LogP contribution in [0.2, 0.25) is 0 Å². The standard InChI is InChI=1S/C7H6F6O3/c1-4(8)3(14)5(2,9)16-7(12,13)6(10,11)15-4/h1-2H3. The van der Waals surface area contributed by atoms with E-state index in [4.69, 9.17) is 0 Å². The zero-order valence-electron chi connectivity index (χ0n) is 7.99. The molecule has 0 N–H and O–H groups in total. The summed E-state index contributed by atoms with van der Waals surface area (Å²) in [4.78, 5) is 10.9. The fourth-order valence-electron chi connectivity index (χ4n) is 1.09. The molecule has 0 aromatic heterocycles. The summed E-state index contributed by atoms with van der Waals surface area (Å²) < 4.78 is 82.7. The van der Waals surface area contributed by atoms with E-state index in [9.17, 15) is 31.1 Å². The maximum Gasteiger partial charge on any atom is 0.451 e. The second kappa shape index (κ2) is 3.10. The van der Waals surface area contributed by atoms with Gasteiger partial charge in [-0.2, -0.15) is 17.6 Å². The molecule has 3 nitrogen and oxygen atoms in total. The van der Waals surface area contributed by atoms with Gasteiger partial charge in [-0.15, -0.1) is 0 Å². The van der Waals surface area contributed by atoms with Gasteiger partial charge in [0.05, 0.1) is 0 Å². The zero-order valence-corrected chi connectivity index (χ0v) is 7.99. The van der Waals surface area contributed by atoms with Crippen LogP contribution in [-0.4, -0.2) is 29.7 Å². The number of rotatable bonds is 0. The fourth-order valence-corrected chi connectivity index (χ4v) is 1.09. The van der Waals surface area contributed by atoms with E-state index in [-0.39, 0.29) is 13.8 Å². The minimum absolute atomic E-state index is 0.0891. The average Bonchev–Trinajstić information content (AvgIpc) is 1.99. The smallest absolute Gasteiger partial charge is 0.287 e. The van der Waals surface area contributed by atoms with E-state index in [0.29, 0.717) is 0 Å². The summed E-state index contributed by atoms with van der Waals surface area (Å²) in [6, 6.07) is 0. The van der Waals surface area contributed by atoms with E-state index in [1.165, 1.54) is 0 Å². The predicted molar refractivity (Wildman–Crippen MR) is 36.1 cm³/mol. The first kappa shape index (κ1) is 13.2. The number of ketones is 1. The summed E-state index contributed by atoms with van der Waals surface area (Å²) in [7, 11) is 0. The average molecular weight is 252 g/mol. The van der Waals surface area contributed by atoms with Crippen LogP contribution >= 0.6 is 0 Å². The Kier molecular flexibility index (Phi) is 2.56. The molecule has 0 radical (unpaired) electrons. The molecule has 2 unspecified atom stereocenters. The maximum atomic E-state index is 13.2. The van der Waals surface area contributed by atoms with Crippen LogP contribution in [0.25, 0.3) is 0 Å². The first-order chi connectivity index (χ1) is 6.82. The van der Waals surface area contributed by atoms with E-state index in [0.717, 1.165) is 0 Å². The number of halogens is 6. The number of carbonyl (C=O) groups is 1. The Labute approximate surface area is 85.3 Å². The predicted octanol–water partition coefficient (Wildman–Crippen LogP) is 2.16. The molecule has 0 aliphatic carbocycles. The monoisotopic (exact) mass is 252 g/mol. The summed E-state index contributed by atoms with van der Waals surface area (Å²) in [6.07, 6.45) is -10.9. The highest BCUT2D eigenvalue weighted by atomic mass is 19.3. The van der Waals surface area contributed by atoms with E-state index in [1.807, 2.05) is 0 Å². The zero-order chi connectivity index (χ0) is 13.0. The Morgan fingerprint density at radius 2 is 1.06 bits per heavy atom. The van der Waals surface area contributed by atoms with Gasteiger partial charge in [-0.05, 0) is 0 Å². The van der Waals surface area contributed by atoms with Crippen LogP contribution in [-0.2, 0) is 14.3 Å². The van der Waals surface area contributed by atoms with Gasteiger partial charge >= 0.3 is 12.2 Å². The highest BCUT2D eigenvalue weighted by Crippen LogP contribution is 2.47. The summed E-state index contributed by atoms with van der Waals surface area (Å²) >= 11 is 0. The van der Waals surface area contributed by atoms with Crippen molar-refractivity contribution < 1.29 is 40.6 Å². The van der Waals surface area contributed by atoms with Gasteiger partial charge in [0, 0.05) is 13.8 Å². The van der Waals surface area contributed by atoms with Crippen molar-refractivity contribution in [3.8, 4) is 0 Å². The summed E-state index contributed by atoms with van der Waals surface area (Å²) in [6.45, 7) is 0.178. The van der Waals surface area contributed by atoms with Gasteiger partial charge < -0.3 is 0 Å². The summed E-state index contributed by atoms with van der Waals surface area (Å²) in [5, 5.41) is 0. The minimum Gasteiger partial charge on any atom is -0.287 e. The molecule has 16 heavy (non-hydrogen) atoms. The van der Waals surface area contributed by atoms with Crippen LogP contribution in [0, 0.1) is 0 Å². The highest BCUT2D eigenvalue weighted by Gasteiger charge is 2.72. The van der Waals surface area contributed by atoms with Crippen LogP contribution in [0.1, 0.15) is 13.8 Å². The minimum atomic E-state index is -5.46. The second-order valence-corrected chi connectivity index (χ2v) is 3.40.